The van der Waals surface area contributed by atoms with Gasteiger partial charge in [-0.2, -0.15) is 0 Å². The van der Waals surface area contributed by atoms with Crippen molar-refractivity contribution in [2.24, 2.45) is 0 Å². The van der Waals surface area contributed by atoms with Gasteiger partial charge < -0.3 is 4.74 Å². The molecule has 0 atom stereocenters. The van der Waals surface area contributed by atoms with Crippen molar-refractivity contribution in [3.8, 4) is 0 Å². The molecule has 0 aliphatic carbocycles. The Morgan fingerprint density at radius 2 is 2.18 bits per heavy atom. The van der Waals surface area contributed by atoms with Crippen molar-refractivity contribution in [3.63, 3.8) is 0 Å². The molecule has 0 N–H and O–H groups in total. The smallest absolute Gasteiger partial charge is 0.312 e. The molecule has 0 spiro atoms. The predicted molar refractivity (Wildman–Crippen MR) is 41.7 cm³/mol. The second-order valence-corrected chi connectivity index (χ2v) is 4.23. The lowest BCUT2D eigenvalue weighted by atomic mass is 10.5. The minimum Gasteiger partial charge on any atom is -0.385 e. The van der Waals surface area contributed by atoms with Gasteiger partial charge in [0, 0.05) is 13.7 Å². The Kier molecular flexibility index (Phi) is 4.83. The maximum atomic E-state index is 10.8. The van der Waals surface area contributed by atoms with E-state index in [-0.39, 0.29) is 5.75 Å². The summed E-state index contributed by atoms with van der Waals surface area (Å²) in [6.45, 7) is 6.78. The highest BCUT2D eigenvalue weighted by atomic mass is 32.2. The summed E-state index contributed by atoms with van der Waals surface area (Å²) in [6.07, 6.45) is 0.467. The third-order valence-electron chi connectivity index (χ3n) is 1.07. The first-order chi connectivity index (χ1) is 5.12. The van der Waals surface area contributed by atoms with Crippen LogP contribution in [-0.4, -0.2) is 33.8 Å². The van der Waals surface area contributed by atoms with Crippen LogP contribution in [0.4, 0.5) is 0 Å². The van der Waals surface area contributed by atoms with Crippen LogP contribution >= 0.6 is 0 Å². The Balaban J connectivity index is 3.68. The molecule has 0 saturated heterocycles. The summed E-state index contributed by atoms with van der Waals surface area (Å²) in [5.41, 5.74) is 0. The number of methoxy groups -OCH3 is 1. The third kappa shape index (κ3) is 5.83. The van der Waals surface area contributed by atoms with Gasteiger partial charge in [0.2, 0.25) is 9.84 Å². The Labute approximate surface area is 66.9 Å². The molecule has 0 aromatic rings. The van der Waals surface area contributed by atoms with Gasteiger partial charge in [-0.05, 0) is 6.42 Å². The lowest BCUT2D eigenvalue weighted by Crippen LogP contribution is -2.10. The molecule has 0 radical (unpaired) electrons. The molecule has 4 nitrogen and oxygen atoms in total. The Morgan fingerprint density at radius 1 is 1.55 bits per heavy atom. The summed E-state index contributed by atoms with van der Waals surface area (Å²) in [6, 6.07) is 0. The van der Waals surface area contributed by atoms with E-state index in [1.807, 2.05) is 0 Å². The highest BCUT2D eigenvalue weighted by Crippen LogP contribution is 1.94. The molecule has 0 aliphatic heterocycles. The van der Waals surface area contributed by atoms with Gasteiger partial charge in [-0.15, -0.1) is 0 Å². The SMILES string of the molecule is [C-]#[N+]CS(=O)(=O)CCCOC. The first-order valence-corrected chi connectivity index (χ1v) is 4.97. The van der Waals surface area contributed by atoms with Crippen molar-refractivity contribution in [1.82, 2.24) is 0 Å². The first-order valence-electron chi connectivity index (χ1n) is 3.15. The minimum absolute atomic E-state index is 0.0449. The molecule has 0 aromatic carbocycles. The molecule has 0 amide bonds. The summed E-state index contributed by atoms with van der Waals surface area (Å²) in [5.74, 6) is -0.361. The highest BCUT2D eigenvalue weighted by Gasteiger charge is 2.12. The van der Waals surface area contributed by atoms with Crippen molar-refractivity contribution in [2.75, 3.05) is 25.3 Å². The molecule has 64 valence electrons. The third-order valence-corrected chi connectivity index (χ3v) is 2.50. The number of hydrogen-bond donors (Lipinski definition) is 0. The van der Waals surface area contributed by atoms with Crippen molar-refractivity contribution in [3.05, 3.63) is 11.4 Å². The summed E-state index contributed by atoms with van der Waals surface area (Å²) >= 11 is 0. The molecule has 0 aliphatic rings. The van der Waals surface area contributed by atoms with Crippen LogP contribution < -0.4 is 0 Å². The molecule has 0 unspecified atom stereocenters. The van der Waals surface area contributed by atoms with Gasteiger partial charge in [0.1, 0.15) is 0 Å². The average Bonchev–Trinajstić information content (AvgIpc) is 1.87. The molecule has 0 bridgehead atoms. The lowest BCUT2D eigenvalue weighted by molar-refractivity contribution is 0.199. The van der Waals surface area contributed by atoms with E-state index in [4.69, 9.17) is 6.57 Å². The van der Waals surface area contributed by atoms with Crippen molar-refractivity contribution in [1.29, 1.82) is 0 Å². The fourth-order valence-corrected chi connectivity index (χ4v) is 1.47. The van der Waals surface area contributed by atoms with Crippen LogP contribution in [0.15, 0.2) is 0 Å². The summed E-state index contributed by atoms with van der Waals surface area (Å²) in [4.78, 5) is 2.81. The Bertz CT molecular complexity index is 227. The lowest BCUT2D eigenvalue weighted by Gasteiger charge is -1.96. The quantitative estimate of drug-likeness (QED) is 0.448. The van der Waals surface area contributed by atoms with E-state index in [0.29, 0.717) is 13.0 Å². The Hall–Kier alpha value is -0.600. The second kappa shape index (κ2) is 5.10. The molecule has 11 heavy (non-hydrogen) atoms. The van der Waals surface area contributed by atoms with E-state index >= 15 is 0 Å². The summed E-state index contributed by atoms with van der Waals surface area (Å²) in [5, 5.41) is 0. The normalized spacial score (nSPS) is 10.9. The number of nitrogens with zero attached hydrogens (tertiary/aromatic N) is 1. The standard InChI is InChI=1S/C6H11NO3S/c1-7-6-11(8,9)5-3-4-10-2/h3-6H2,2H3. The van der Waals surface area contributed by atoms with Gasteiger partial charge in [-0.3, -0.25) is 4.85 Å². The maximum Gasteiger partial charge on any atom is 0.312 e. The van der Waals surface area contributed by atoms with E-state index in [1.54, 1.807) is 0 Å². The van der Waals surface area contributed by atoms with Crippen LogP contribution in [0.2, 0.25) is 0 Å². The van der Waals surface area contributed by atoms with Gasteiger partial charge >= 0.3 is 5.88 Å². The number of ether oxygens (including phenoxy) is 1. The van der Waals surface area contributed by atoms with Crippen LogP contribution in [0.3, 0.4) is 0 Å². The highest BCUT2D eigenvalue weighted by molar-refractivity contribution is 7.91. The fraction of sp³-hybridized carbons (Fsp3) is 0.833. The number of hydrogen-bond acceptors (Lipinski definition) is 3. The Morgan fingerprint density at radius 3 is 2.64 bits per heavy atom. The van der Waals surface area contributed by atoms with Gasteiger partial charge in [-0.1, -0.05) is 0 Å². The van der Waals surface area contributed by atoms with Crippen molar-refractivity contribution in [2.45, 2.75) is 6.42 Å². The fourth-order valence-electron chi connectivity index (χ4n) is 0.586. The van der Waals surface area contributed by atoms with Gasteiger partial charge in [0.05, 0.1) is 5.75 Å². The monoisotopic (exact) mass is 177 g/mol. The van der Waals surface area contributed by atoms with Crippen molar-refractivity contribution < 1.29 is 13.2 Å². The molecule has 0 rings (SSSR count). The van der Waals surface area contributed by atoms with Crippen LogP contribution in [0.1, 0.15) is 6.42 Å². The molecule has 0 fully saturated rings. The van der Waals surface area contributed by atoms with Gasteiger partial charge in [0.25, 0.3) is 0 Å². The van der Waals surface area contributed by atoms with E-state index in [9.17, 15) is 8.42 Å². The average molecular weight is 177 g/mol. The zero-order valence-corrected chi connectivity index (χ0v) is 7.23. The van der Waals surface area contributed by atoms with Crippen LogP contribution in [0.25, 0.3) is 4.85 Å². The van der Waals surface area contributed by atoms with Gasteiger partial charge in [-0.25, -0.2) is 15.0 Å². The number of rotatable bonds is 5. The largest absolute Gasteiger partial charge is 0.385 e. The maximum absolute atomic E-state index is 10.8. The van der Waals surface area contributed by atoms with E-state index in [1.165, 1.54) is 7.11 Å². The second-order valence-electron chi connectivity index (χ2n) is 2.08. The van der Waals surface area contributed by atoms with Gasteiger partial charge in [0.15, 0.2) is 0 Å². The van der Waals surface area contributed by atoms with Crippen LogP contribution in [-0.2, 0) is 14.6 Å². The molecule has 0 aromatic heterocycles. The zero-order chi connectivity index (χ0) is 8.74. The molecule has 0 heterocycles. The van der Waals surface area contributed by atoms with Crippen molar-refractivity contribution >= 4 is 9.84 Å². The molecular weight excluding hydrogens is 166 g/mol. The molecule has 5 heteroatoms. The predicted octanol–water partition coefficient (Wildman–Crippen LogP) is 0.314. The topological polar surface area (TPSA) is 47.7 Å². The molecule has 0 saturated carbocycles. The minimum atomic E-state index is -3.14. The van der Waals surface area contributed by atoms with Crippen LogP contribution in [0, 0.1) is 6.57 Å². The number of sulfone groups is 1. The zero-order valence-electron chi connectivity index (χ0n) is 6.41. The van der Waals surface area contributed by atoms with E-state index in [2.05, 4.69) is 9.58 Å². The molecular formula is C6H11NO3S. The summed E-state index contributed by atoms with van der Waals surface area (Å²) < 4.78 is 26.3. The van der Waals surface area contributed by atoms with E-state index in [0.717, 1.165) is 0 Å². The first kappa shape index (κ1) is 10.4. The van der Waals surface area contributed by atoms with E-state index < -0.39 is 15.7 Å². The van der Waals surface area contributed by atoms with Crippen LogP contribution in [0.5, 0.6) is 0 Å². The summed E-state index contributed by atoms with van der Waals surface area (Å²) in [7, 11) is -1.62.